The van der Waals surface area contributed by atoms with Crippen molar-refractivity contribution in [3.8, 4) is 0 Å². The molecule has 3 rings (SSSR count). The highest BCUT2D eigenvalue weighted by Crippen LogP contribution is 2.38. The predicted molar refractivity (Wildman–Crippen MR) is 72.0 cm³/mol. The van der Waals surface area contributed by atoms with Crippen LogP contribution in [0.3, 0.4) is 0 Å². The molecule has 1 saturated carbocycles. The van der Waals surface area contributed by atoms with Crippen LogP contribution in [0.2, 0.25) is 0 Å². The van der Waals surface area contributed by atoms with E-state index >= 15 is 0 Å². The van der Waals surface area contributed by atoms with Gasteiger partial charge in [0.05, 0.1) is 0 Å². The fourth-order valence-electron chi connectivity index (χ4n) is 3.11. The van der Waals surface area contributed by atoms with Gasteiger partial charge in [-0.2, -0.15) is 0 Å². The van der Waals surface area contributed by atoms with Crippen molar-refractivity contribution in [2.75, 3.05) is 6.54 Å². The van der Waals surface area contributed by atoms with Crippen molar-refractivity contribution < 1.29 is 0 Å². The van der Waals surface area contributed by atoms with Crippen LogP contribution in [0.15, 0.2) is 24.3 Å². The molecule has 1 heteroatoms. The van der Waals surface area contributed by atoms with Crippen LogP contribution in [-0.4, -0.2) is 6.54 Å². The number of hydrogen-bond donors (Lipinski definition) is 1. The number of aryl methyl sites for hydroxylation is 1. The largest absolute Gasteiger partial charge is 0.310 e. The van der Waals surface area contributed by atoms with Crippen LogP contribution in [0.1, 0.15) is 49.8 Å². The Morgan fingerprint density at radius 2 is 2.06 bits per heavy atom. The predicted octanol–water partition coefficient (Wildman–Crippen LogP) is 3.70. The molecule has 0 aliphatic heterocycles. The Kier molecular flexibility index (Phi) is 3.19. The van der Waals surface area contributed by atoms with Crippen molar-refractivity contribution in [3.05, 3.63) is 35.4 Å². The van der Waals surface area contributed by atoms with Crippen LogP contribution < -0.4 is 5.32 Å². The van der Waals surface area contributed by atoms with E-state index in [4.69, 9.17) is 0 Å². The molecule has 0 bridgehead atoms. The minimum atomic E-state index is 0.612. The maximum atomic E-state index is 3.81. The van der Waals surface area contributed by atoms with E-state index in [-0.39, 0.29) is 0 Å². The van der Waals surface area contributed by atoms with Gasteiger partial charge in [0.1, 0.15) is 0 Å². The molecule has 3 unspecified atom stereocenters. The van der Waals surface area contributed by atoms with Crippen molar-refractivity contribution in [1.29, 1.82) is 0 Å². The first-order valence-corrected chi connectivity index (χ1v) is 7.16. The Morgan fingerprint density at radius 3 is 2.88 bits per heavy atom. The molecule has 0 spiro atoms. The quantitative estimate of drug-likeness (QED) is 0.779. The van der Waals surface area contributed by atoms with Gasteiger partial charge in [-0.3, -0.25) is 0 Å². The van der Waals surface area contributed by atoms with E-state index in [1.807, 2.05) is 0 Å². The van der Waals surface area contributed by atoms with E-state index in [1.165, 1.54) is 38.6 Å². The highest BCUT2D eigenvalue weighted by atomic mass is 14.9. The Morgan fingerprint density at radius 1 is 1.24 bits per heavy atom. The molecule has 2 aliphatic rings. The molecular formula is C16H23N. The molecule has 0 heterocycles. The highest BCUT2D eigenvalue weighted by Gasteiger charge is 2.32. The third-order valence-electron chi connectivity index (χ3n) is 4.52. The molecule has 0 saturated heterocycles. The van der Waals surface area contributed by atoms with Gasteiger partial charge in [-0.05, 0) is 55.2 Å². The summed E-state index contributed by atoms with van der Waals surface area (Å²) in [6.45, 7) is 3.59. The van der Waals surface area contributed by atoms with Crippen molar-refractivity contribution in [3.63, 3.8) is 0 Å². The first kappa shape index (κ1) is 11.3. The van der Waals surface area contributed by atoms with Crippen molar-refractivity contribution in [2.24, 2.45) is 11.8 Å². The molecule has 0 aromatic heterocycles. The number of benzene rings is 1. The van der Waals surface area contributed by atoms with Crippen LogP contribution in [0, 0.1) is 11.8 Å². The van der Waals surface area contributed by atoms with Gasteiger partial charge in [0, 0.05) is 6.04 Å². The standard InChI is InChI=1S/C16H23N/c1-12-10-14(12)11-17-16-9-5-3-7-13-6-2-4-8-15(13)16/h2,4,6,8,12,14,16-17H,3,5,7,9-11H2,1H3. The van der Waals surface area contributed by atoms with Gasteiger partial charge in [-0.15, -0.1) is 0 Å². The topological polar surface area (TPSA) is 12.0 Å². The summed E-state index contributed by atoms with van der Waals surface area (Å²) in [7, 11) is 0. The fourth-order valence-corrected chi connectivity index (χ4v) is 3.11. The number of rotatable bonds is 3. The molecule has 0 amide bonds. The van der Waals surface area contributed by atoms with Crippen molar-refractivity contribution in [1.82, 2.24) is 5.32 Å². The molecule has 1 fully saturated rings. The molecule has 1 aromatic carbocycles. The van der Waals surface area contributed by atoms with Gasteiger partial charge in [0.15, 0.2) is 0 Å². The van der Waals surface area contributed by atoms with E-state index in [0.717, 1.165) is 11.8 Å². The van der Waals surface area contributed by atoms with Gasteiger partial charge in [-0.25, -0.2) is 0 Å². The summed E-state index contributed by atoms with van der Waals surface area (Å²) in [4.78, 5) is 0. The van der Waals surface area contributed by atoms with Gasteiger partial charge in [-0.1, -0.05) is 37.6 Å². The van der Waals surface area contributed by atoms with Crippen LogP contribution in [0.5, 0.6) is 0 Å². The van der Waals surface area contributed by atoms with Gasteiger partial charge < -0.3 is 5.32 Å². The molecule has 1 aromatic rings. The lowest BCUT2D eigenvalue weighted by atomic mass is 9.99. The molecule has 2 aliphatic carbocycles. The van der Waals surface area contributed by atoms with Crippen LogP contribution in [0.25, 0.3) is 0 Å². The van der Waals surface area contributed by atoms with Gasteiger partial charge in [0.25, 0.3) is 0 Å². The zero-order valence-corrected chi connectivity index (χ0v) is 10.8. The minimum absolute atomic E-state index is 0.612. The Hall–Kier alpha value is -0.820. The zero-order valence-electron chi connectivity index (χ0n) is 10.8. The first-order chi connectivity index (χ1) is 8.34. The summed E-state index contributed by atoms with van der Waals surface area (Å²) in [5, 5.41) is 3.81. The Balaban J connectivity index is 1.70. The molecule has 3 atom stereocenters. The normalized spacial score (nSPS) is 31.7. The lowest BCUT2D eigenvalue weighted by Crippen LogP contribution is -2.24. The maximum Gasteiger partial charge on any atom is 0.0323 e. The summed E-state index contributed by atoms with van der Waals surface area (Å²) in [6, 6.07) is 9.63. The van der Waals surface area contributed by atoms with Crippen LogP contribution in [-0.2, 0) is 6.42 Å². The average Bonchev–Trinajstić information content (AvgIpc) is 3.08. The summed E-state index contributed by atoms with van der Waals surface area (Å²) in [5.41, 5.74) is 3.14. The lowest BCUT2D eigenvalue weighted by molar-refractivity contribution is 0.470. The smallest absolute Gasteiger partial charge is 0.0323 e. The summed E-state index contributed by atoms with van der Waals surface area (Å²) >= 11 is 0. The number of hydrogen-bond acceptors (Lipinski definition) is 1. The lowest BCUT2D eigenvalue weighted by Gasteiger charge is -2.19. The second-order valence-corrected chi connectivity index (χ2v) is 5.88. The van der Waals surface area contributed by atoms with E-state index < -0.39 is 0 Å². The second-order valence-electron chi connectivity index (χ2n) is 5.88. The SMILES string of the molecule is CC1CC1CNC1CCCCc2ccccc21. The number of nitrogens with one attached hydrogen (secondary N) is 1. The molecule has 0 radical (unpaired) electrons. The minimum Gasteiger partial charge on any atom is -0.310 e. The number of fused-ring (bicyclic) bond motifs is 1. The monoisotopic (exact) mass is 229 g/mol. The molecular weight excluding hydrogens is 206 g/mol. The van der Waals surface area contributed by atoms with E-state index in [9.17, 15) is 0 Å². The van der Waals surface area contributed by atoms with Crippen LogP contribution in [0.4, 0.5) is 0 Å². The fraction of sp³-hybridized carbons (Fsp3) is 0.625. The third kappa shape index (κ3) is 2.55. The Labute approximate surface area is 105 Å². The molecule has 1 N–H and O–H groups in total. The van der Waals surface area contributed by atoms with Gasteiger partial charge in [0.2, 0.25) is 0 Å². The molecule has 92 valence electrons. The maximum absolute atomic E-state index is 3.81. The zero-order chi connectivity index (χ0) is 11.7. The summed E-state index contributed by atoms with van der Waals surface area (Å²) in [5.74, 6) is 1.91. The van der Waals surface area contributed by atoms with E-state index in [0.29, 0.717) is 6.04 Å². The highest BCUT2D eigenvalue weighted by molar-refractivity contribution is 5.31. The molecule has 1 nitrogen and oxygen atoms in total. The second kappa shape index (κ2) is 4.81. The van der Waals surface area contributed by atoms with Crippen LogP contribution >= 0.6 is 0 Å². The summed E-state index contributed by atoms with van der Waals surface area (Å²) in [6.07, 6.45) is 6.75. The van der Waals surface area contributed by atoms with E-state index in [1.54, 1.807) is 11.1 Å². The van der Waals surface area contributed by atoms with Crippen molar-refractivity contribution in [2.45, 2.75) is 45.1 Å². The van der Waals surface area contributed by atoms with Crippen molar-refractivity contribution >= 4 is 0 Å². The third-order valence-corrected chi connectivity index (χ3v) is 4.52. The van der Waals surface area contributed by atoms with Gasteiger partial charge >= 0.3 is 0 Å². The molecule has 17 heavy (non-hydrogen) atoms. The van der Waals surface area contributed by atoms with E-state index in [2.05, 4.69) is 36.5 Å². The Bertz CT molecular complexity index is 385. The average molecular weight is 229 g/mol. The first-order valence-electron chi connectivity index (χ1n) is 7.16. The summed E-state index contributed by atoms with van der Waals surface area (Å²) < 4.78 is 0.